The first kappa shape index (κ1) is 17.4. The molecule has 9 nitrogen and oxygen atoms in total. The summed E-state index contributed by atoms with van der Waals surface area (Å²) < 4.78 is 21.1. The molecule has 0 unspecified atom stereocenters. The Labute approximate surface area is 138 Å². The van der Waals surface area contributed by atoms with Gasteiger partial charge >= 0.3 is 12.0 Å². The zero-order chi connectivity index (χ0) is 17.7. The van der Waals surface area contributed by atoms with E-state index in [0.29, 0.717) is 30.5 Å². The van der Waals surface area contributed by atoms with Crippen molar-refractivity contribution in [2.45, 2.75) is 13.0 Å². The van der Waals surface area contributed by atoms with E-state index in [-0.39, 0.29) is 5.56 Å². The minimum Gasteiger partial charge on any atom is -0.493 e. The number of ether oxygens (including phenoxy) is 4. The van der Waals surface area contributed by atoms with Crippen LogP contribution in [0.1, 0.15) is 17.3 Å². The Balaban J connectivity index is 2.12. The third-order valence-corrected chi connectivity index (χ3v) is 3.18. The maximum Gasteiger partial charge on any atom is 0.339 e. The van der Waals surface area contributed by atoms with E-state index in [1.54, 1.807) is 0 Å². The standard InChI is InChI=1S/C15H18N2O7/c1-8(13(18)17-15(20)16-2)24-14(19)9-6-10(21-3)12-11(7-9)22-4-5-23-12/h6-8H,4-5H2,1-3H3,(H2,16,17,18,20)/t8-/m0/s1. The molecule has 1 aliphatic rings. The smallest absolute Gasteiger partial charge is 0.339 e. The molecule has 1 atom stereocenters. The Bertz CT molecular complexity index is 642. The number of benzene rings is 1. The average Bonchev–Trinajstić information content (AvgIpc) is 2.60. The van der Waals surface area contributed by atoms with Gasteiger partial charge in [0.25, 0.3) is 5.91 Å². The number of rotatable bonds is 4. The number of esters is 1. The highest BCUT2D eigenvalue weighted by Crippen LogP contribution is 2.40. The minimum absolute atomic E-state index is 0.135. The SMILES string of the molecule is CNC(=O)NC(=O)[C@H](C)OC(=O)c1cc(OC)c2c(c1)OCCO2. The molecule has 0 bridgehead atoms. The lowest BCUT2D eigenvalue weighted by Gasteiger charge is -2.21. The van der Waals surface area contributed by atoms with Crippen molar-refractivity contribution in [3.8, 4) is 17.2 Å². The number of hydrogen-bond acceptors (Lipinski definition) is 7. The van der Waals surface area contributed by atoms with Crippen molar-refractivity contribution in [2.24, 2.45) is 0 Å². The molecule has 0 aliphatic carbocycles. The van der Waals surface area contributed by atoms with Gasteiger partial charge in [-0.2, -0.15) is 0 Å². The second-order valence-electron chi connectivity index (χ2n) is 4.82. The first-order valence-electron chi connectivity index (χ1n) is 7.17. The molecular weight excluding hydrogens is 320 g/mol. The van der Waals surface area contributed by atoms with Gasteiger partial charge in [-0.05, 0) is 19.1 Å². The van der Waals surface area contributed by atoms with Crippen molar-refractivity contribution in [3.05, 3.63) is 17.7 Å². The highest BCUT2D eigenvalue weighted by atomic mass is 16.6. The monoisotopic (exact) mass is 338 g/mol. The predicted molar refractivity (Wildman–Crippen MR) is 81.5 cm³/mol. The largest absolute Gasteiger partial charge is 0.493 e. The number of carbonyl (C=O) groups is 3. The lowest BCUT2D eigenvalue weighted by molar-refractivity contribution is -0.127. The maximum absolute atomic E-state index is 12.2. The molecule has 1 aromatic carbocycles. The van der Waals surface area contributed by atoms with Crippen LogP contribution in [0.5, 0.6) is 17.2 Å². The Hall–Kier alpha value is -2.97. The molecule has 9 heteroatoms. The molecular formula is C15H18N2O7. The molecule has 2 N–H and O–H groups in total. The van der Waals surface area contributed by atoms with Crippen LogP contribution in [0.3, 0.4) is 0 Å². The number of amides is 3. The van der Waals surface area contributed by atoms with Crippen LogP contribution >= 0.6 is 0 Å². The minimum atomic E-state index is -1.16. The molecule has 2 rings (SSSR count). The van der Waals surface area contributed by atoms with E-state index in [9.17, 15) is 14.4 Å². The van der Waals surface area contributed by atoms with Crippen LogP contribution in [-0.2, 0) is 9.53 Å². The van der Waals surface area contributed by atoms with Crippen molar-refractivity contribution in [3.63, 3.8) is 0 Å². The fraction of sp³-hybridized carbons (Fsp3) is 0.400. The molecule has 1 aliphatic heterocycles. The zero-order valence-electron chi connectivity index (χ0n) is 13.5. The highest BCUT2D eigenvalue weighted by molar-refractivity contribution is 5.98. The quantitative estimate of drug-likeness (QED) is 0.767. The Morgan fingerprint density at radius 1 is 1.21 bits per heavy atom. The number of fused-ring (bicyclic) bond motifs is 1. The van der Waals surface area contributed by atoms with E-state index in [1.165, 1.54) is 33.2 Å². The lowest BCUT2D eigenvalue weighted by atomic mass is 10.1. The second kappa shape index (κ2) is 7.53. The average molecular weight is 338 g/mol. The topological polar surface area (TPSA) is 112 Å². The van der Waals surface area contributed by atoms with Crippen molar-refractivity contribution < 1.29 is 33.3 Å². The van der Waals surface area contributed by atoms with Crippen molar-refractivity contribution in [1.82, 2.24) is 10.6 Å². The molecule has 0 saturated carbocycles. The first-order chi connectivity index (χ1) is 11.5. The Morgan fingerprint density at radius 2 is 1.92 bits per heavy atom. The molecule has 0 spiro atoms. The van der Waals surface area contributed by atoms with Gasteiger partial charge in [-0.1, -0.05) is 0 Å². The third-order valence-electron chi connectivity index (χ3n) is 3.18. The van der Waals surface area contributed by atoms with Gasteiger partial charge in [0.2, 0.25) is 5.75 Å². The van der Waals surface area contributed by atoms with Gasteiger partial charge in [0.15, 0.2) is 17.6 Å². The van der Waals surface area contributed by atoms with Gasteiger partial charge in [-0.3, -0.25) is 10.1 Å². The summed E-state index contributed by atoms with van der Waals surface area (Å²) in [5.74, 6) is -0.417. The summed E-state index contributed by atoms with van der Waals surface area (Å²) in [4.78, 5) is 35.0. The molecule has 1 aromatic rings. The van der Waals surface area contributed by atoms with Crippen LogP contribution in [0.15, 0.2) is 12.1 Å². The van der Waals surface area contributed by atoms with E-state index < -0.39 is 24.0 Å². The zero-order valence-corrected chi connectivity index (χ0v) is 13.5. The number of carbonyl (C=O) groups excluding carboxylic acids is 3. The summed E-state index contributed by atoms with van der Waals surface area (Å²) in [6.07, 6.45) is -1.16. The number of methoxy groups -OCH3 is 1. The van der Waals surface area contributed by atoms with Gasteiger partial charge in [0.1, 0.15) is 13.2 Å². The lowest BCUT2D eigenvalue weighted by Crippen LogP contribution is -2.43. The molecule has 0 fully saturated rings. The van der Waals surface area contributed by atoms with Gasteiger partial charge in [0.05, 0.1) is 12.7 Å². The van der Waals surface area contributed by atoms with Gasteiger partial charge in [-0.25, -0.2) is 9.59 Å². The summed E-state index contributed by atoms with van der Waals surface area (Å²) in [6, 6.07) is 2.19. The molecule has 3 amide bonds. The van der Waals surface area contributed by atoms with Crippen molar-refractivity contribution in [1.29, 1.82) is 0 Å². The van der Waals surface area contributed by atoms with E-state index >= 15 is 0 Å². The summed E-state index contributed by atoms with van der Waals surface area (Å²) in [5.41, 5.74) is 0.135. The first-order valence-corrected chi connectivity index (χ1v) is 7.17. The number of hydrogen-bond donors (Lipinski definition) is 2. The summed E-state index contributed by atoms with van der Waals surface area (Å²) in [6.45, 7) is 2.08. The maximum atomic E-state index is 12.2. The fourth-order valence-electron chi connectivity index (χ4n) is 1.95. The molecule has 0 saturated heterocycles. The van der Waals surface area contributed by atoms with E-state index in [0.717, 1.165) is 0 Å². The van der Waals surface area contributed by atoms with Crippen LogP contribution in [0.25, 0.3) is 0 Å². The van der Waals surface area contributed by atoms with Gasteiger partial charge < -0.3 is 24.3 Å². The Morgan fingerprint density at radius 3 is 2.58 bits per heavy atom. The Kier molecular flexibility index (Phi) is 5.46. The van der Waals surface area contributed by atoms with Crippen LogP contribution in [0.2, 0.25) is 0 Å². The van der Waals surface area contributed by atoms with Crippen LogP contribution in [-0.4, -0.2) is 51.4 Å². The van der Waals surface area contributed by atoms with Crippen molar-refractivity contribution >= 4 is 17.9 Å². The molecule has 130 valence electrons. The molecule has 0 aromatic heterocycles. The number of urea groups is 1. The molecule has 24 heavy (non-hydrogen) atoms. The van der Waals surface area contributed by atoms with E-state index in [1.807, 2.05) is 5.32 Å². The number of imide groups is 1. The number of nitrogens with one attached hydrogen (secondary N) is 2. The summed E-state index contributed by atoms with van der Waals surface area (Å²) in [5, 5.41) is 4.25. The molecule has 0 radical (unpaired) electrons. The van der Waals surface area contributed by atoms with Crippen LogP contribution in [0, 0.1) is 0 Å². The highest BCUT2D eigenvalue weighted by Gasteiger charge is 2.24. The second-order valence-corrected chi connectivity index (χ2v) is 4.82. The van der Waals surface area contributed by atoms with Gasteiger partial charge in [0, 0.05) is 7.05 Å². The molecule has 1 heterocycles. The van der Waals surface area contributed by atoms with Gasteiger partial charge in [-0.15, -0.1) is 0 Å². The van der Waals surface area contributed by atoms with Crippen molar-refractivity contribution in [2.75, 3.05) is 27.4 Å². The van der Waals surface area contributed by atoms with Crippen LogP contribution in [0.4, 0.5) is 4.79 Å². The van der Waals surface area contributed by atoms with Crippen LogP contribution < -0.4 is 24.8 Å². The third kappa shape index (κ3) is 3.86. The normalized spacial score (nSPS) is 13.5. The summed E-state index contributed by atoms with van der Waals surface area (Å²) >= 11 is 0. The van der Waals surface area contributed by atoms with E-state index in [2.05, 4.69) is 5.32 Å². The predicted octanol–water partition coefficient (Wildman–Crippen LogP) is 0.467. The fourth-order valence-corrected chi connectivity index (χ4v) is 1.95. The van der Waals surface area contributed by atoms with E-state index in [4.69, 9.17) is 18.9 Å². The summed E-state index contributed by atoms with van der Waals surface area (Å²) in [7, 11) is 2.79.